The predicted molar refractivity (Wildman–Crippen MR) is 105 cm³/mol. The van der Waals surface area contributed by atoms with E-state index >= 15 is 0 Å². The van der Waals surface area contributed by atoms with Crippen LogP contribution in [-0.2, 0) is 6.42 Å². The number of aromatic amines is 1. The minimum Gasteiger partial charge on any atom is -0.382 e. The van der Waals surface area contributed by atoms with Crippen molar-refractivity contribution in [3.05, 3.63) is 75.2 Å². The van der Waals surface area contributed by atoms with E-state index in [2.05, 4.69) is 22.1 Å². The summed E-state index contributed by atoms with van der Waals surface area (Å²) < 4.78 is 0. The van der Waals surface area contributed by atoms with Crippen molar-refractivity contribution >= 4 is 17.4 Å². The normalized spacial score (nSPS) is 12.1. The van der Waals surface area contributed by atoms with Gasteiger partial charge in [0.1, 0.15) is 5.82 Å². The largest absolute Gasteiger partial charge is 0.382 e. The number of nitrogens with zero attached hydrogens (tertiary/aromatic N) is 2. The van der Waals surface area contributed by atoms with Crippen LogP contribution in [0.25, 0.3) is 11.3 Å². The minimum absolute atomic E-state index is 0.184. The lowest BCUT2D eigenvalue weighted by Crippen LogP contribution is -2.09. The molecule has 5 nitrogen and oxygen atoms in total. The van der Waals surface area contributed by atoms with E-state index < -0.39 is 0 Å². The van der Waals surface area contributed by atoms with Gasteiger partial charge >= 0.3 is 0 Å². The number of aromatic nitrogens is 3. The summed E-state index contributed by atoms with van der Waals surface area (Å²) >= 11 is 6.19. The topological polar surface area (TPSA) is 84.7 Å². The molecule has 0 fully saturated rings. The van der Waals surface area contributed by atoms with Crippen molar-refractivity contribution in [2.75, 3.05) is 5.73 Å². The maximum Gasteiger partial charge on any atom is 0.264 e. The molecular weight excluding hydrogens is 348 g/mol. The quantitative estimate of drug-likeness (QED) is 0.683. The molecule has 0 saturated heterocycles. The number of anilines is 1. The monoisotopic (exact) mass is 368 g/mol. The zero-order valence-electron chi connectivity index (χ0n) is 14.6. The number of rotatable bonds is 6. The summed E-state index contributed by atoms with van der Waals surface area (Å²) in [6, 6.07) is 15.2. The van der Waals surface area contributed by atoms with E-state index in [1.165, 1.54) is 6.07 Å². The van der Waals surface area contributed by atoms with Gasteiger partial charge in [0, 0.05) is 17.5 Å². The first kappa shape index (κ1) is 18.1. The van der Waals surface area contributed by atoms with Gasteiger partial charge < -0.3 is 5.73 Å². The fraction of sp³-hybridized carbons (Fsp3) is 0.250. The lowest BCUT2D eigenvalue weighted by Gasteiger charge is -2.13. The fourth-order valence-corrected chi connectivity index (χ4v) is 3.13. The van der Waals surface area contributed by atoms with E-state index in [1.807, 2.05) is 36.4 Å². The molecule has 0 aliphatic heterocycles. The van der Waals surface area contributed by atoms with Crippen molar-refractivity contribution in [1.82, 2.24) is 15.2 Å². The number of aryl methyl sites for hydroxylation is 1. The second-order valence-corrected chi connectivity index (χ2v) is 6.78. The van der Waals surface area contributed by atoms with Crippen LogP contribution in [-0.4, -0.2) is 15.2 Å². The molecule has 0 aliphatic carbocycles. The van der Waals surface area contributed by atoms with Crippen molar-refractivity contribution in [2.24, 2.45) is 0 Å². The molecule has 2 heterocycles. The lowest BCUT2D eigenvalue weighted by atomic mass is 9.96. The van der Waals surface area contributed by atoms with Crippen LogP contribution in [0, 0.1) is 0 Å². The van der Waals surface area contributed by atoms with E-state index in [-0.39, 0.29) is 11.5 Å². The van der Waals surface area contributed by atoms with Crippen molar-refractivity contribution in [1.29, 1.82) is 0 Å². The number of nitrogen functional groups attached to an aromatic ring is 1. The summed E-state index contributed by atoms with van der Waals surface area (Å²) in [5.74, 6) is 0.601. The van der Waals surface area contributed by atoms with E-state index in [0.717, 1.165) is 41.8 Å². The van der Waals surface area contributed by atoms with Crippen LogP contribution in [0.2, 0.25) is 5.02 Å². The zero-order chi connectivity index (χ0) is 18.5. The first-order valence-electron chi connectivity index (χ1n) is 8.60. The summed E-state index contributed by atoms with van der Waals surface area (Å²) in [5, 5.41) is 7.08. The SMILES string of the molecule is CC(CCCc1cc(Cl)c(N)nc1-c1ccccc1)c1ccc(=O)[nH]n1. The van der Waals surface area contributed by atoms with E-state index in [0.29, 0.717) is 10.8 Å². The van der Waals surface area contributed by atoms with Crippen LogP contribution in [0.5, 0.6) is 0 Å². The van der Waals surface area contributed by atoms with Crippen LogP contribution in [0.15, 0.2) is 53.3 Å². The number of halogens is 1. The highest BCUT2D eigenvalue weighted by Crippen LogP contribution is 2.29. The Kier molecular flexibility index (Phi) is 5.68. The molecule has 3 aromatic rings. The van der Waals surface area contributed by atoms with E-state index in [4.69, 9.17) is 17.3 Å². The van der Waals surface area contributed by atoms with Crippen LogP contribution in [0.1, 0.15) is 36.9 Å². The van der Waals surface area contributed by atoms with Gasteiger partial charge in [-0.3, -0.25) is 4.79 Å². The molecule has 0 saturated carbocycles. The van der Waals surface area contributed by atoms with Gasteiger partial charge in [-0.05, 0) is 37.0 Å². The number of H-pyrrole nitrogens is 1. The number of nitrogens with one attached hydrogen (secondary N) is 1. The Balaban J connectivity index is 1.74. The standard InChI is InChI=1S/C20H21ClN4O/c1-13(17-10-11-18(26)25-24-17)6-5-9-15-12-16(21)20(22)23-19(15)14-7-3-2-4-8-14/h2-4,7-8,10-13H,5-6,9H2,1H3,(H2,22,23)(H,25,26). The third-order valence-corrected chi connectivity index (χ3v) is 4.72. The summed E-state index contributed by atoms with van der Waals surface area (Å²) in [6.45, 7) is 2.10. The summed E-state index contributed by atoms with van der Waals surface area (Å²) in [4.78, 5) is 15.6. The molecular formula is C20H21ClN4O. The Labute approximate surface area is 157 Å². The Bertz CT molecular complexity index is 920. The Morgan fingerprint density at radius 2 is 1.96 bits per heavy atom. The zero-order valence-corrected chi connectivity index (χ0v) is 15.3. The number of hydrogen-bond donors (Lipinski definition) is 2. The van der Waals surface area contributed by atoms with Gasteiger partial charge in [-0.1, -0.05) is 48.9 Å². The van der Waals surface area contributed by atoms with Gasteiger partial charge in [0.2, 0.25) is 0 Å². The Morgan fingerprint density at radius 1 is 1.19 bits per heavy atom. The minimum atomic E-state index is -0.184. The molecule has 2 aromatic heterocycles. The second kappa shape index (κ2) is 8.15. The summed E-state index contributed by atoms with van der Waals surface area (Å²) in [7, 11) is 0. The van der Waals surface area contributed by atoms with Crippen LogP contribution in [0.4, 0.5) is 5.82 Å². The third-order valence-electron chi connectivity index (χ3n) is 4.42. The fourth-order valence-electron chi connectivity index (χ4n) is 2.95. The maximum atomic E-state index is 11.1. The summed E-state index contributed by atoms with van der Waals surface area (Å²) in [5.41, 5.74) is 9.60. The molecule has 3 rings (SSSR count). The second-order valence-electron chi connectivity index (χ2n) is 6.37. The number of benzene rings is 1. The van der Waals surface area contributed by atoms with Crippen LogP contribution in [0.3, 0.4) is 0 Å². The summed E-state index contributed by atoms with van der Waals surface area (Å²) in [6.07, 6.45) is 2.73. The predicted octanol–water partition coefficient (Wildman–Crippen LogP) is 4.19. The lowest BCUT2D eigenvalue weighted by molar-refractivity contribution is 0.610. The van der Waals surface area contributed by atoms with Gasteiger partial charge in [-0.25, -0.2) is 10.1 Å². The van der Waals surface area contributed by atoms with Crippen LogP contribution >= 0.6 is 11.6 Å². The number of hydrogen-bond acceptors (Lipinski definition) is 4. The van der Waals surface area contributed by atoms with Gasteiger partial charge in [0.25, 0.3) is 5.56 Å². The number of pyridine rings is 1. The average Bonchev–Trinajstić information content (AvgIpc) is 2.65. The average molecular weight is 369 g/mol. The highest BCUT2D eigenvalue weighted by molar-refractivity contribution is 6.32. The van der Waals surface area contributed by atoms with Crippen molar-refractivity contribution in [3.8, 4) is 11.3 Å². The molecule has 6 heteroatoms. The molecule has 1 aromatic carbocycles. The molecule has 0 spiro atoms. The molecule has 0 amide bonds. The van der Waals surface area contributed by atoms with Crippen molar-refractivity contribution < 1.29 is 0 Å². The van der Waals surface area contributed by atoms with Gasteiger partial charge in [0.05, 0.1) is 16.4 Å². The maximum absolute atomic E-state index is 11.1. The molecule has 0 aliphatic rings. The first-order chi connectivity index (χ1) is 12.5. The molecule has 134 valence electrons. The molecule has 3 N–H and O–H groups in total. The van der Waals surface area contributed by atoms with Crippen molar-refractivity contribution in [2.45, 2.75) is 32.1 Å². The first-order valence-corrected chi connectivity index (χ1v) is 8.98. The molecule has 0 radical (unpaired) electrons. The van der Waals surface area contributed by atoms with E-state index in [9.17, 15) is 4.79 Å². The highest BCUT2D eigenvalue weighted by Gasteiger charge is 2.12. The van der Waals surface area contributed by atoms with Gasteiger partial charge in [-0.2, -0.15) is 5.10 Å². The highest BCUT2D eigenvalue weighted by atomic mass is 35.5. The van der Waals surface area contributed by atoms with Gasteiger partial charge in [-0.15, -0.1) is 0 Å². The number of nitrogens with two attached hydrogens (primary N) is 1. The third kappa shape index (κ3) is 4.29. The molecule has 1 unspecified atom stereocenters. The van der Waals surface area contributed by atoms with E-state index in [1.54, 1.807) is 6.07 Å². The molecule has 1 atom stereocenters. The molecule has 0 bridgehead atoms. The smallest absolute Gasteiger partial charge is 0.264 e. The molecule has 26 heavy (non-hydrogen) atoms. The Morgan fingerprint density at radius 3 is 2.65 bits per heavy atom. The Hall–Kier alpha value is -2.66. The van der Waals surface area contributed by atoms with Crippen LogP contribution < -0.4 is 11.3 Å². The van der Waals surface area contributed by atoms with Crippen molar-refractivity contribution in [3.63, 3.8) is 0 Å². The van der Waals surface area contributed by atoms with Gasteiger partial charge in [0.15, 0.2) is 0 Å².